The number of carboxylic acid groups (broad SMARTS) is 1. The zero-order chi connectivity index (χ0) is 23.2. The van der Waals surface area contributed by atoms with E-state index in [9.17, 15) is 9.90 Å². The van der Waals surface area contributed by atoms with Crippen molar-refractivity contribution in [3.8, 4) is 11.5 Å². The average Bonchev–Trinajstić information content (AvgIpc) is 3.24. The molecule has 1 aromatic heterocycles. The maximum Gasteiger partial charge on any atom is 0.321 e. The predicted molar refractivity (Wildman–Crippen MR) is 129 cm³/mol. The highest BCUT2D eigenvalue weighted by Gasteiger charge is 2.19. The molecule has 0 bridgehead atoms. The van der Waals surface area contributed by atoms with Gasteiger partial charge in [-0.1, -0.05) is 48.0 Å². The van der Waals surface area contributed by atoms with Crippen LogP contribution in [0.25, 0.3) is 10.9 Å². The van der Waals surface area contributed by atoms with Crippen LogP contribution in [0, 0.1) is 0 Å². The molecule has 0 saturated carbocycles. The molecule has 4 rings (SSSR count). The van der Waals surface area contributed by atoms with E-state index in [1.54, 1.807) is 7.11 Å². The standard InChI is InChI=1S/C26H25ClN2O4/c1-32-25-12-18(8-11-24(25)33-16-17-6-9-20(27)10-7-17)14-28-23(26(30)31)13-19-15-29-22-5-3-2-4-21(19)22/h2-12,15,23,28-29H,13-14,16H2,1H3,(H,30,31)/t23-/m0/s1. The number of nitrogens with one attached hydrogen (secondary N) is 2. The smallest absolute Gasteiger partial charge is 0.321 e. The van der Waals surface area contributed by atoms with Crippen molar-refractivity contribution in [2.24, 2.45) is 0 Å². The van der Waals surface area contributed by atoms with E-state index in [0.717, 1.165) is 27.6 Å². The van der Waals surface area contributed by atoms with Crippen molar-refractivity contribution in [2.75, 3.05) is 7.11 Å². The maximum absolute atomic E-state index is 11.9. The second-order valence-corrected chi connectivity index (χ2v) is 8.17. The number of rotatable bonds is 10. The van der Waals surface area contributed by atoms with Gasteiger partial charge in [0.25, 0.3) is 0 Å². The lowest BCUT2D eigenvalue weighted by Crippen LogP contribution is -2.38. The van der Waals surface area contributed by atoms with Gasteiger partial charge in [0.2, 0.25) is 0 Å². The summed E-state index contributed by atoms with van der Waals surface area (Å²) in [5.74, 6) is 0.312. The van der Waals surface area contributed by atoms with Crippen LogP contribution in [-0.2, 0) is 24.4 Å². The predicted octanol–water partition coefficient (Wildman–Crippen LogP) is 5.19. The highest BCUT2D eigenvalue weighted by Crippen LogP contribution is 2.29. The van der Waals surface area contributed by atoms with Crippen LogP contribution in [0.2, 0.25) is 5.02 Å². The molecule has 0 aliphatic rings. The van der Waals surface area contributed by atoms with E-state index < -0.39 is 12.0 Å². The number of aromatic nitrogens is 1. The third-order valence-corrected chi connectivity index (χ3v) is 5.74. The Kier molecular flexibility index (Phi) is 7.17. The molecule has 3 N–H and O–H groups in total. The van der Waals surface area contributed by atoms with Crippen LogP contribution in [0.5, 0.6) is 11.5 Å². The van der Waals surface area contributed by atoms with E-state index in [-0.39, 0.29) is 0 Å². The number of carbonyl (C=O) groups is 1. The second-order valence-electron chi connectivity index (χ2n) is 7.74. The van der Waals surface area contributed by atoms with E-state index >= 15 is 0 Å². The fourth-order valence-electron chi connectivity index (χ4n) is 3.69. The number of carboxylic acids is 1. The first-order chi connectivity index (χ1) is 16.0. The fraction of sp³-hybridized carbons (Fsp3) is 0.192. The minimum Gasteiger partial charge on any atom is -0.493 e. The van der Waals surface area contributed by atoms with Gasteiger partial charge in [-0.15, -0.1) is 0 Å². The van der Waals surface area contributed by atoms with Crippen molar-refractivity contribution in [3.63, 3.8) is 0 Å². The van der Waals surface area contributed by atoms with Crippen molar-refractivity contribution in [2.45, 2.75) is 25.6 Å². The molecule has 0 fully saturated rings. The number of hydrogen-bond acceptors (Lipinski definition) is 4. The lowest BCUT2D eigenvalue weighted by molar-refractivity contribution is -0.139. The zero-order valence-corrected chi connectivity index (χ0v) is 18.9. The minimum absolute atomic E-state index is 0.374. The molecule has 4 aromatic rings. The van der Waals surface area contributed by atoms with Crippen molar-refractivity contribution in [1.29, 1.82) is 0 Å². The summed E-state index contributed by atoms with van der Waals surface area (Å²) in [5.41, 5.74) is 3.86. The normalized spacial score (nSPS) is 11.9. The maximum atomic E-state index is 11.9. The molecule has 0 saturated heterocycles. The number of para-hydroxylation sites is 1. The molecule has 33 heavy (non-hydrogen) atoms. The number of fused-ring (bicyclic) bond motifs is 1. The Morgan fingerprint density at radius 3 is 2.58 bits per heavy atom. The molecular weight excluding hydrogens is 440 g/mol. The molecule has 3 aromatic carbocycles. The Balaban J connectivity index is 1.40. The molecule has 7 heteroatoms. The van der Waals surface area contributed by atoms with Crippen molar-refractivity contribution >= 4 is 28.5 Å². The van der Waals surface area contributed by atoms with E-state index in [0.29, 0.717) is 36.1 Å². The van der Waals surface area contributed by atoms with E-state index in [1.165, 1.54) is 0 Å². The SMILES string of the molecule is COc1cc(CN[C@@H](Cc2c[nH]c3ccccc23)C(=O)O)ccc1OCc1ccc(Cl)cc1. The Hall–Kier alpha value is -3.48. The van der Waals surface area contributed by atoms with Crippen molar-refractivity contribution < 1.29 is 19.4 Å². The Labute approximate surface area is 197 Å². The lowest BCUT2D eigenvalue weighted by Gasteiger charge is -2.16. The summed E-state index contributed by atoms with van der Waals surface area (Å²) in [6.45, 7) is 0.768. The molecule has 0 amide bonds. The largest absolute Gasteiger partial charge is 0.493 e. The van der Waals surface area contributed by atoms with Gasteiger partial charge in [-0.2, -0.15) is 0 Å². The monoisotopic (exact) mass is 464 g/mol. The van der Waals surface area contributed by atoms with Crippen LogP contribution in [0.3, 0.4) is 0 Å². The van der Waals surface area contributed by atoms with Gasteiger partial charge in [0.15, 0.2) is 11.5 Å². The summed E-state index contributed by atoms with van der Waals surface area (Å²) in [6, 6.07) is 20.2. The summed E-state index contributed by atoms with van der Waals surface area (Å²) in [4.78, 5) is 15.1. The summed E-state index contributed by atoms with van der Waals surface area (Å²) in [6.07, 6.45) is 2.25. The van der Waals surface area contributed by atoms with E-state index in [4.69, 9.17) is 21.1 Å². The summed E-state index contributed by atoms with van der Waals surface area (Å²) < 4.78 is 11.4. The molecule has 0 aliphatic heterocycles. The zero-order valence-electron chi connectivity index (χ0n) is 18.2. The quantitative estimate of drug-likeness (QED) is 0.300. The van der Waals surface area contributed by atoms with Gasteiger partial charge >= 0.3 is 5.97 Å². The molecule has 170 valence electrons. The van der Waals surface area contributed by atoms with Crippen LogP contribution in [-0.4, -0.2) is 29.2 Å². The molecule has 0 radical (unpaired) electrons. The van der Waals surface area contributed by atoms with Crippen LogP contribution < -0.4 is 14.8 Å². The van der Waals surface area contributed by atoms with Crippen LogP contribution in [0.15, 0.2) is 72.9 Å². The number of benzene rings is 3. The molecule has 0 spiro atoms. The van der Waals surface area contributed by atoms with Gasteiger partial charge in [0.05, 0.1) is 7.11 Å². The fourth-order valence-corrected chi connectivity index (χ4v) is 3.82. The highest BCUT2D eigenvalue weighted by molar-refractivity contribution is 6.30. The topological polar surface area (TPSA) is 83.6 Å². The van der Waals surface area contributed by atoms with E-state index in [1.807, 2.05) is 72.9 Å². The molecule has 0 aliphatic carbocycles. The molecule has 1 heterocycles. The number of halogens is 1. The first-order valence-electron chi connectivity index (χ1n) is 10.6. The summed E-state index contributed by atoms with van der Waals surface area (Å²) in [5, 5.41) is 14.6. The van der Waals surface area contributed by atoms with Gasteiger partial charge in [0.1, 0.15) is 12.6 Å². The first-order valence-corrected chi connectivity index (χ1v) is 11.0. The molecule has 0 unspecified atom stereocenters. The molecular formula is C26H25ClN2O4. The number of hydrogen-bond donors (Lipinski definition) is 3. The number of aliphatic carboxylic acids is 1. The number of H-pyrrole nitrogens is 1. The van der Waals surface area contributed by atoms with Crippen molar-refractivity contribution in [1.82, 2.24) is 10.3 Å². The molecule has 6 nitrogen and oxygen atoms in total. The van der Waals surface area contributed by atoms with Crippen LogP contribution in [0.4, 0.5) is 0 Å². The number of aromatic amines is 1. The van der Waals surface area contributed by atoms with Crippen molar-refractivity contribution in [3.05, 3.63) is 94.6 Å². The summed E-state index contributed by atoms with van der Waals surface area (Å²) in [7, 11) is 1.58. The van der Waals surface area contributed by atoms with Gasteiger partial charge in [-0.3, -0.25) is 4.79 Å². The second kappa shape index (κ2) is 10.4. The highest BCUT2D eigenvalue weighted by atomic mass is 35.5. The first kappa shape index (κ1) is 22.7. The van der Waals surface area contributed by atoms with E-state index in [2.05, 4.69) is 10.3 Å². The third-order valence-electron chi connectivity index (χ3n) is 5.49. The lowest BCUT2D eigenvalue weighted by atomic mass is 10.0. The third kappa shape index (κ3) is 5.66. The Bertz CT molecular complexity index is 1240. The van der Waals surface area contributed by atoms with Gasteiger partial charge in [-0.05, 0) is 47.0 Å². The van der Waals surface area contributed by atoms with Gasteiger partial charge in [-0.25, -0.2) is 0 Å². The Morgan fingerprint density at radius 2 is 1.82 bits per heavy atom. The van der Waals surface area contributed by atoms with Gasteiger partial charge < -0.3 is 24.9 Å². The van der Waals surface area contributed by atoms with Crippen LogP contribution >= 0.6 is 11.6 Å². The number of ether oxygens (including phenoxy) is 2. The summed E-state index contributed by atoms with van der Waals surface area (Å²) >= 11 is 5.93. The Morgan fingerprint density at radius 1 is 1.06 bits per heavy atom. The minimum atomic E-state index is -0.893. The number of methoxy groups -OCH3 is 1. The van der Waals surface area contributed by atoms with Crippen LogP contribution in [0.1, 0.15) is 16.7 Å². The average molecular weight is 465 g/mol. The van der Waals surface area contributed by atoms with Gasteiger partial charge in [0, 0.05) is 35.1 Å². The molecule has 1 atom stereocenters.